The topological polar surface area (TPSA) is 124 Å². The van der Waals surface area contributed by atoms with E-state index in [9.17, 15) is 24.6 Å². The van der Waals surface area contributed by atoms with E-state index in [4.69, 9.17) is 4.74 Å². The van der Waals surface area contributed by atoms with Crippen molar-refractivity contribution in [1.82, 2.24) is 19.7 Å². The van der Waals surface area contributed by atoms with E-state index in [0.29, 0.717) is 36.3 Å². The van der Waals surface area contributed by atoms with E-state index in [0.717, 1.165) is 11.1 Å². The van der Waals surface area contributed by atoms with E-state index in [1.807, 2.05) is 33.0 Å². The minimum atomic E-state index is -0.964. The van der Waals surface area contributed by atoms with Crippen LogP contribution < -0.4 is 4.74 Å². The Bertz CT molecular complexity index is 1420. The molecule has 222 valence electrons. The molecule has 0 fully saturated rings. The summed E-state index contributed by atoms with van der Waals surface area (Å²) in [6, 6.07) is 15.3. The van der Waals surface area contributed by atoms with Crippen LogP contribution in [-0.2, 0) is 6.54 Å². The number of aromatic nitrogens is 1. The number of carbonyl (C=O) groups is 3. The normalized spacial score (nSPS) is 17.6. The van der Waals surface area contributed by atoms with Crippen molar-refractivity contribution in [3.8, 4) is 17.0 Å². The molecule has 1 aromatic heterocycles. The summed E-state index contributed by atoms with van der Waals surface area (Å²) in [6.07, 6.45) is 1.34. The van der Waals surface area contributed by atoms with Gasteiger partial charge < -0.3 is 24.7 Å². The average molecular weight is 575 g/mol. The van der Waals surface area contributed by atoms with Gasteiger partial charge in [0.25, 0.3) is 11.8 Å². The fraction of sp³-hybridized carbons (Fsp3) is 0.375. The van der Waals surface area contributed by atoms with Gasteiger partial charge in [-0.15, -0.1) is 0 Å². The number of carboxylic acids is 1. The number of likely N-dealkylation sites (N-methyl/N-ethyl adjacent to an activating group) is 1. The maximum absolute atomic E-state index is 13.8. The number of ether oxygens (including phenoxy) is 1. The predicted octanol–water partition coefficient (Wildman–Crippen LogP) is 3.50. The number of rotatable bonds is 9. The van der Waals surface area contributed by atoms with E-state index >= 15 is 0 Å². The van der Waals surface area contributed by atoms with Crippen molar-refractivity contribution in [3.63, 3.8) is 0 Å². The molecular weight excluding hydrogens is 536 g/mol. The van der Waals surface area contributed by atoms with E-state index in [2.05, 4.69) is 9.88 Å². The zero-order chi connectivity index (χ0) is 30.6. The van der Waals surface area contributed by atoms with Crippen molar-refractivity contribution >= 4 is 17.8 Å². The molecule has 42 heavy (non-hydrogen) atoms. The molecule has 2 heterocycles. The first-order valence-corrected chi connectivity index (χ1v) is 13.9. The monoisotopic (exact) mass is 574 g/mol. The van der Waals surface area contributed by atoms with Gasteiger partial charge in [0.1, 0.15) is 11.7 Å². The summed E-state index contributed by atoms with van der Waals surface area (Å²) in [5, 5.41) is 19.1. The standard InChI is InChI=1S/C32H38N4O6/c1-20-16-36(21(2)19-37)31(39)27-14-26(23-10-12-24(13-11-23)30(38)34(3)4)15-33-29(27)42-28(20)18-35(5)17-22-6-8-25(9-7-22)32(40)41/h6-15,20-21,28,37H,16-19H2,1-5H3,(H,40,41)/t20-,21+,28+/m0/s1. The molecule has 2 aromatic carbocycles. The van der Waals surface area contributed by atoms with Gasteiger partial charge in [-0.25, -0.2) is 9.78 Å². The number of aliphatic hydroxyl groups is 1. The highest BCUT2D eigenvalue weighted by Gasteiger charge is 2.34. The molecule has 10 nitrogen and oxygen atoms in total. The van der Waals surface area contributed by atoms with Crippen LogP contribution in [0.15, 0.2) is 60.8 Å². The number of nitrogens with zero attached hydrogens (tertiary/aromatic N) is 4. The van der Waals surface area contributed by atoms with Crippen molar-refractivity contribution in [1.29, 1.82) is 0 Å². The van der Waals surface area contributed by atoms with Crippen molar-refractivity contribution in [3.05, 3.63) is 83.0 Å². The first-order valence-electron chi connectivity index (χ1n) is 13.9. The Kier molecular flexibility index (Phi) is 9.59. The lowest BCUT2D eigenvalue weighted by Gasteiger charge is -2.37. The van der Waals surface area contributed by atoms with Crippen molar-refractivity contribution in [2.45, 2.75) is 32.5 Å². The summed E-state index contributed by atoms with van der Waals surface area (Å²) in [7, 11) is 5.36. The van der Waals surface area contributed by atoms with Crippen LogP contribution in [0.1, 0.15) is 50.5 Å². The summed E-state index contributed by atoms with van der Waals surface area (Å²) in [4.78, 5) is 47.1. The van der Waals surface area contributed by atoms with Gasteiger partial charge in [-0.05, 0) is 55.4 Å². The molecule has 3 aromatic rings. The van der Waals surface area contributed by atoms with Crippen LogP contribution in [0, 0.1) is 5.92 Å². The summed E-state index contributed by atoms with van der Waals surface area (Å²) < 4.78 is 6.42. The molecule has 2 amide bonds. The van der Waals surface area contributed by atoms with Crippen LogP contribution in [0.5, 0.6) is 5.88 Å². The van der Waals surface area contributed by atoms with E-state index in [1.165, 1.54) is 4.90 Å². The summed E-state index contributed by atoms with van der Waals surface area (Å²) >= 11 is 0. The Morgan fingerprint density at radius 1 is 1.05 bits per heavy atom. The van der Waals surface area contributed by atoms with Crippen LogP contribution in [0.25, 0.3) is 11.1 Å². The van der Waals surface area contributed by atoms with Crippen LogP contribution in [0.4, 0.5) is 0 Å². The molecule has 0 radical (unpaired) electrons. The lowest BCUT2D eigenvalue weighted by molar-refractivity contribution is 0.0325. The van der Waals surface area contributed by atoms with E-state index in [1.54, 1.807) is 67.7 Å². The highest BCUT2D eigenvalue weighted by atomic mass is 16.5. The number of amides is 2. The number of fused-ring (bicyclic) bond motifs is 1. The number of aliphatic hydroxyl groups excluding tert-OH is 1. The maximum Gasteiger partial charge on any atom is 0.335 e. The fourth-order valence-corrected chi connectivity index (χ4v) is 4.98. The lowest BCUT2D eigenvalue weighted by Crippen LogP contribution is -2.49. The molecule has 1 aliphatic rings. The van der Waals surface area contributed by atoms with Crippen LogP contribution in [0.3, 0.4) is 0 Å². The van der Waals surface area contributed by atoms with Gasteiger partial charge >= 0.3 is 5.97 Å². The Morgan fingerprint density at radius 3 is 2.29 bits per heavy atom. The summed E-state index contributed by atoms with van der Waals surface area (Å²) in [6.45, 7) is 5.14. The van der Waals surface area contributed by atoms with E-state index in [-0.39, 0.29) is 41.9 Å². The third-order valence-corrected chi connectivity index (χ3v) is 7.54. The number of carboxylic acid groups (broad SMARTS) is 1. The zero-order valence-corrected chi connectivity index (χ0v) is 24.7. The lowest BCUT2D eigenvalue weighted by atomic mass is 9.98. The number of hydrogen-bond donors (Lipinski definition) is 2. The fourth-order valence-electron chi connectivity index (χ4n) is 4.98. The highest BCUT2D eigenvalue weighted by molar-refractivity contribution is 5.98. The molecule has 0 unspecified atom stereocenters. The molecule has 10 heteroatoms. The predicted molar refractivity (Wildman–Crippen MR) is 159 cm³/mol. The Labute approximate surface area is 246 Å². The number of pyridine rings is 1. The molecule has 0 spiro atoms. The molecular formula is C32H38N4O6. The molecule has 3 atom stereocenters. The van der Waals surface area contributed by atoms with Gasteiger partial charge in [-0.2, -0.15) is 0 Å². The Morgan fingerprint density at radius 2 is 1.69 bits per heavy atom. The number of aromatic carboxylic acids is 1. The molecule has 0 saturated carbocycles. The van der Waals surface area contributed by atoms with Gasteiger partial charge in [0, 0.05) is 57.0 Å². The Hall–Kier alpha value is -4.28. The van der Waals surface area contributed by atoms with Gasteiger partial charge in [0.2, 0.25) is 5.88 Å². The van der Waals surface area contributed by atoms with Crippen molar-refractivity contribution in [2.24, 2.45) is 5.92 Å². The third-order valence-electron chi connectivity index (χ3n) is 7.54. The zero-order valence-electron chi connectivity index (χ0n) is 24.7. The van der Waals surface area contributed by atoms with Gasteiger partial charge in [0.15, 0.2) is 0 Å². The Balaban J connectivity index is 1.61. The van der Waals surface area contributed by atoms with Gasteiger partial charge in [-0.3, -0.25) is 14.5 Å². The van der Waals surface area contributed by atoms with Crippen molar-refractivity contribution < 1.29 is 29.3 Å². The third kappa shape index (κ3) is 6.95. The minimum absolute atomic E-state index is 0.0730. The number of hydrogen-bond acceptors (Lipinski definition) is 7. The highest BCUT2D eigenvalue weighted by Crippen LogP contribution is 2.30. The SMILES string of the molecule is C[C@H](CO)N1C[C@H](C)[C@@H](CN(C)Cc2ccc(C(=O)O)cc2)Oc2ncc(-c3ccc(C(=O)N(C)C)cc3)cc2C1=O. The second kappa shape index (κ2) is 13.1. The van der Waals surface area contributed by atoms with Crippen LogP contribution >= 0.6 is 0 Å². The largest absolute Gasteiger partial charge is 0.478 e. The molecule has 2 N–H and O–H groups in total. The van der Waals surface area contributed by atoms with E-state index < -0.39 is 12.0 Å². The molecule has 0 aliphatic carbocycles. The second-order valence-corrected chi connectivity index (χ2v) is 11.2. The maximum atomic E-state index is 13.8. The first kappa shape index (κ1) is 30.7. The average Bonchev–Trinajstić information content (AvgIpc) is 2.98. The number of carbonyl (C=O) groups excluding carboxylic acids is 2. The quantitative estimate of drug-likeness (QED) is 0.398. The van der Waals surface area contributed by atoms with Gasteiger partial charge in [0.05, 0.1) is 18.2 Å². The first-order chi connectivity index (χ1) is 20.0. The summed E-state index contributed by atoms with van der Waals surface area (Å²) in [5.74, 6) is -1.17. The molecule has 4 rings (SSSR count). The van der Waals surface area contributed by atoms with Crippen LogP contribution in [0.2, 0.25) is 0 Å². The minimum Gasteiger partial charge on any atom is -0.478 e. The van der Waals surface area contributed by atoms with Gasteiger partial charge in [-0.1, -0.05) is 31.2 Å². The molecule has 0 saturated heterocycles. The van der Waals surface area contributed by atoms with Crippen LogP contribution in [-0.4, -0.2) is 101 Å². The molecule has 0 bridgehead atoms. The van der Waals surface area contributed by atoms with Crippen molar-refractivity contribution in [2.75, 3.05) is 40.8 Å². The second-order valence-electron chi connectivity index (χ2n) is 11.2. The number of benzene rings is 2. The smallest absolute Gasteiger partial charge is 0.335 e. The molecule has 1 aliphatic heterocycles. The summed E-state index contributed by atoms with van der Waals surface area (Å²) in [5.41, 5.74) is 3.58.